The van der Waals surface area contributed by atoms with Gasteiger partial charge in [0.1, 0.15) is 5.69 Å². The van der Waals surface area contributed by atoms with Crippen LogP contribution < -0.4 is 5.32 Å². The Balaban J connectivity index is 1.85. The maximum absolute atomic E-state index is 10.5. The Bertz CT molecular complexity index is 1060. The quantitative estimate of drug-likeness (QED) is 0.329. The molecule has 5 heteroatoms. The van der Waals surface area contributed by atoms with Crippen LogP contribution in [0.15, 0.2) is 60.7 Å². The Hall–Kier alpha value is -3.60. The highest BCUT2D eigenvalue weighted by atomic mass is 16.3. The van der Waals surface area contributed by atoms with Gasteiger partial charge in [-0.25, -0.2) is 0 Å². The first-order valence-corrected chi connectivity index (χ1v) is 8.69. The first-order valence-electron chi connectivity index (χ1n) is 8.69. The molecule has 5 N–H and O–H groups in total. The third-order valence-corrected chi connectivity index (χ3v) is 4.73. The number of phenolic OH excluding ortho intramolecular Hbond substituents is 4. The summed E-state index contributed by atoms with van der Waals surface area (Å²) in [6, 6.07) is 13.2. The molecule has 0 amide bonds. The van der Waals surface area contributed by atoms with Crippen molar-refractivity contribution in [2.45, 2.75) is 12.8 Å². The standard InChI is InChI=1S/C22H19NO4/c24-19-17(14-8-2-1-3-9-14)20(25)22(27)18(21(19)26)23-16-12-6-10-13-7-4-5-11-15(13)16/h2,4-12,23-27H,1,3H2. The van der Waals surface area contributed by atoms with Crippen LogP contribution in [0.2, 0.25) is 0 Å². The van der Waals surface area contributed by atoms with E-state index in [1.807, 2.05) is 48.6 Å². The lowest BCUT2D eigenvalue weighted by atomic mass is 9.96. The highest BCUT2D eigenvalue weighted by molar-refractivity contribution is 5.98. The molecule has 0 fully saturated rings. The van der Waals surface area contributed by atoms with E-state index in [2.05, 4.69) is 5.32 Å². The summed E-state index contributed by atoms with van der Waals surface area (Å²) in [6.07, 6.45) is 7.11. The van der Waals surface area contributed by atoms with E-state index in [4.69, 9.17) is 0 Å². The van der Waals surface area contributed by atoms with Crippen molar-refractivity contribution < 1.29 is 20.4 Å². The largest absolute Gasteiger partial charge is 0.504 e. The van der Waals surface area contributed by atoms with Gasteiger partial charge in [0.25, 0.3) is 0 Å². The molecular weight excluding hydrogens is 342 g/mol. The van der Waals surface area contributed by atoms with Gasteiger partial charge in [-0.05, 0) is 29.9 Å². The van der Waals surface area contributed by atoms with Crippen molar-refractivity contribution >= 4 is 27.7 Å². The van der Waals surface area contributed by atoms with Crippen molar-refractivity contribution in [2.75, 3.05) is 5.32 Å². The third kappa shape index (κ3) is 2.83. The van der Waals surface area contributed by atoms with Crippen LogP contribution in [0.4, 0.5) is 11.4 Å². The number of benzene rings is 3. The van der Waals surface area contributed by atoms with Gasteiger partial charge in [0.15, 0.2) is 23.0 Å². The van der Waals surface area contributed by atoms with Gasteiger partial charge in [-0.2, -0.15) is 0 Å². The molecule has 136 valence electrons. The lowest BCUT2D eigenvalue weighted by Crippen LogP contribution is -1.96. The van der Waals surface area contributed by atoms with E-state index in [1.54, 1.807) is 12.1 Å². The normalized spacial score (nSPS) is 13.6. The summed E-state index contributed by atoms with van der Waals surface area (Å²) in [7, 11) is 0. The summed E-state index contributed by atoms with van der Waals surface area (Å²) in [5, 5.41) is 46.8. The maximum Gasteiger partial charge on any atom is 0.186 e. The SMILES string of the molecule is Oc1c(O)c(C2=CCCC=C2)c(O)c(O)c1Nc1cccc2ccccc12. The summed E-state index contributed by atoms with van der Waals surface area (Å²) in [5.74, 6) is -2.00. The van der Waals surface area contributed by atoms with Gasteiger partial charge in [-0.15, -0.1) is 0 Å². The van der Waals surface area contributed by atoms with Gasteiger partial charge in [0.2, 0.25) is 0 Å². The molecule has 0 heterocycles. The summed E-state index contributed by atoms with van der Waals surface area (Å²) in [5.41, 5.74) is 1.05. The van der Waals surface area contributed by atoms with Gasteiger partial charge in [-0.3, -0.25) is 0 Å². The van der Waals surface area contributed by atoms with Crippen molar-refractivity contribution in [2.24, 2.45) is 0 Å². The summed E-state index contributed by atoms with van der Waals surface area (Å²) in [6.45, 7) is 0. The zero-order chi connectivity index (χ0) is 19.0. The fraction of sp³-hybridized carbons (Fsp3) is 0.0909. The Labute approximate surface area is 156 Å². The molecule has 4 rings (SSSR count). The minimum Gasteiger partial charge on any atom is -0.504 e. The zero-order valence-electron chi connectivity index (χ0n) is 14.5. The summed E-state index contributed by atoms with van der Waals surface area (Å²) < 4.78 is 0. The lowest BCUT2D eigenvalue weighted by Gasteiger charge is -2.18. The van der Waals surface area contributed by atoms with E-state index < -0.39 is 23.0 Å². The number of hydrogen-bond acceptors (Lipinski definition) is 5. The Kier molecular flexibility index (Phi) is 4.12. The van der Waals surface area contributed by atoms with Gasteiger partial charge in [-0.1, -0.05) is 54.6 Å². The molecule has 0 spiro atoms. The van der Waals surface area contributed by atoms with Crippen LogP contribution in [0.3, 0.4) is 0 Å². The van der Waals surface area contributed by atoms with Crippen LogP contribution in [0, 0.1) is 0 Å². The van der Waals surface area contributed by atoms with Crippen molar-refractivity contribution in [1.29, 1.82) is 0 Å². The third-order valence-electron chi connectivity index (χ3n) is 4.73. The number of allylic oxidation sites excluding steroid dienone is 4. The summed E-state index contributed by atoms with van der Waals surface area (Å²) >= 11 is 0. The first-order chi connectivity index (χ1) is 13.1. The predicted molar refractivity (Wildman–Crippen MR) is 107 cm³/mol. The second-order valence-corrected chi connectivity index (χ2v) is 6.44. The molecule has 3 aromatic carbocycles. The maximum atomic E-state index is 10.5. The fourth-order valence-corrected chi connectivity index (χ4v) is 3.36. The number of phenols is 4. The van der Waals surface area contributed by atoms with E-state index >= 15 is 0 Å². The summed E-state index contributed by atoms with van der Waals surface area (Å²) in [4.78, 5) is 0. The van der Waals surface area contributed by atoms with Crippen LogP contribution >= 0.6 is 0 Å². The molecule has 0 aliphatic heterocycles. The minimum atomic E-state index is -0.520. The molecule has 3 aromatic rings. The van der Waals surface area contributed by atoms with Gasteiger partial charge in [0, 0.05) is 11.1 Å². The zero-order valence-corrected chi connectivity index (χ0v) is 14.5. The number of anilines is 2. The number of hydrogen-bond donors (Lipinski definition) is 5. The monoisotopic (exact) mass is 361 g/mol. The number of rotatable bonds is 3. The lowest BCUT2D eigenvalue weighted by molar-refractivity contribution is 0.374. The van der Waals surface area contributed by atoms with Crippen LogP contribution in [0.25, 0.3) is 16.3 Å². The predicted octanol–water partition coefficient (Wildman–Crippen LogP) is 5.14. The average molecular weight is 361 g/mol. The van der Waals surface area contributed by atoms with Crippen LogP contribution in [0.5, 0.6) is 23.0 Å². The highest BCUT2D eigenvalue weighted by Crippen LogP contribution is 2.53. The average Bonchev–Trinajstić information content (AvgIpc) is 2.71. The van der Waals surface area contributed by atoms with Gasteiger partial charge < -0.3 is 25.7 Å². The highest BCUT2D eigenvalue weighted by Gasteiger charge is 2.25. The van der Waals surface area contributed by atoms with Crippen LogP contribution in [-0.2, 0) is 0 Å². The van der Waals surface area contributed by atoms with Gasteiger partial charge in [0.05, 0.1) is 5.56 Å². The molecule has 1 aliphatic carbocycles. The molecule has 27 heavy (non-hydrogen) atoms. The molecular formula is C22H19NO4. The molecule has 5 nitrogen and oxygen atoms in total. The second kappa shape index (κ2) is 6.61. The molecule has 0 unspecified atom stereocenters. The second-order valence-electron chi connectivity index (χ2n) is 6.44. The van der Waals surface area contributed by atoms with Crippen molar-refractivity contribution in [3.8, 4) is 23.0 Å². The Morgan fingerprint density at radius 2 is 1.44 bits per heavy atom. The van der Waals surface area contributed by atoms with Crippen molar-refractivity contribution in [3.05, 3.63) is 66.3 Å². The van der Waals surface area contributed by atoms with Crippen LogP contribution in [-0.4, -0.2) is 20.4 Å². The molecule has 0 atom stereocenters. The van der Waals surface area contributed by atoms with E-state index in [-0.39, 0.29) is 11.3 Å². The van der Waals surface area contributed by atoms with E-state index in [1.165, 1.54) is 0 Å². The molecule has 0 bridgehead atoms. The minimum absolute atomic E-state index is 0.0180. The number of fused-ring (bicyclic) bond motifs is 1. The fourth-order valence-electron chi connectivity index (χ4n) is 3.36. The number of aromatic hydroxyl groups is 4. The van der Waals surface area contributed by atoms with Crippen LogP contribution in [0.1, 0.15) is 18.4 Å². The Morgan fingerprint density at radius 1 is 0.741 bits per heavy atom. The van der Waals surface area contributed by atoms with Gasteiger partial charge >= 0.3 is 0 Å². The Morgan fingerprint density at radius 3 is 2.15 bits per heavy atom. The molecule has 0 aromatic heterocycles. The van der Waals surface area contributed by atoms with E-state index in [0.29, 0.717) is 11.3 Å². The smallest absolute Gasteiger partial charge is 0.186 e. The van der Waals surface area contributed by atoms with E-state index in [9.17, 15) is 20.4 Å². The molecule has 1 aliphatic rings. The topological polar surface area (TPSA) is 93.0 Å². The van der Waals surface area contributed by atoms with Crippen molar-refractivity contribution in [1.82, 2.24) is 0 Å². The molecule has 0 saturated heterocycles. The molecule has 0 saturated carbocycles. The number of nitrogens with one attached hydrogen (secondary N) is 1. The van der Waals surface area contributed by atoms with E-state index in [0.717, 1.165) is 23.6 Å². The molecule has 0 radical (unpaired) electrons. The first kappa shape index (κ1) is 16.8. The van der Waals surface area contributed by atoms with Crippen molar-refractivity contribution in [3.63, 3.8) is 0 Å².